The van der Waals surface area contributed by atoms with Crippen LogP contribution < -0.4 is 0 Å². The average Bonchev–Trinajstić information content (AvgIpc) is 3.36. The number of nitrogens with zero attached hydrogens (tertiary/aromatic N) is 2. The molecular weight excluding hydrogens is 391 g/mol. The van der Waals surface area contributed by atoms with Gasteiger partial charge in [-0.25, -0.2) is 9.18 Å². The van der Waals surface area contributed by atoms with Crippen molar-refractivity contribution in [2.45, 2.75) is 71.3 Å². The highest BCUT2D eigenvalue weighted by atomic mass is 19.1. The minimum absolute atomic E-state index is 0.331. The fourth-order valence-corrected chi connectivity index (χ4v) is 5.46. The third-order valence-electron chi connectivity index (χ3n) is 7.22. The Kier molecular flexibility index (Phi) is 4.55. The molecule has 162 valence electrons. The lowest BCUT2D eigenvalue weighted by Crippen LogP contribution is -2.39. The maximum absolute atomic E-state index is 15.5. The van der Waals surface area contributed by atoms with E-state index in [4.69, 9.17) is 4.74 Å². The Morgan fingerprint density at radius 3 is 2.71 bits per heavy atom. The highest BCUT2D eigenvalue weighted by Gasteiger charge is 2.47. The Hall–Kier alpha value is -2.61. The van der Waals surface area contributed by atoms with Crippen LogP contribution in [0.2, 0.25) is 0 Å². The molecule has 0 radical (unpaired) electrons. The van der Waals surface area contributed by atoms with Gasteiger partial charge in [-0.1, -0.05) is 11.6 Å². The van der Waals surface area contributed by atoms with Gasteiger partial charge in [0.15, 0.2) is 0 Å². The van der Waals surface area contributed by atoms with Gasteiger partial charge in [-0.3, -0.25) is 0 Å². The van der Waals surface area contributed by atoms with Crippen molar-refractivity contribution in [1.29, 1.82) is 5.26 Å². The molecule has 5 rings (SSSR count). The molecule has 3 aliphatic carbocycles. The van der Waals surface area contributed by atoms with Crippen LogP contribution in [-0.2, 0) is 11.2 Å². The minimum atomic E-state index is -0.570. The summed E-state index contributed by atoms with van der Waals surface area (Å²) in [7, 11) is 0. The average molecular weight is 421 g/mol. The van der Waals surface area contributed by atoms with Crippen LogP contribution in [0.5, 0.6) is 0 Å². The summed E-state index contributed by atoms with van der Waals surface area (Å²) in [4.78, 5) is 14.3. The molecule has 0 unspecified atom stereocenters. The van der Waals surface area contributed by atoms with Crippen molar-refractivity contribution >= 4 is 17.2 Å². The van der Waals surface area contributed by atoms with Gasteiger partial charge in [0.05, 0.1) is 11.6 Å². The van der Waals surface area contributed by atoms with Crippen molar-refractivity contribution in [3.8, 4) is 6.07 Å². The molecular formula is C26H29FN2O2. The van der Waals surface area contributed by atoms with Crippen LogP contribution in [0.25, 0.3) is 11.1 Å². The highest BCUT2D eigenvalue weighted by molar-refractivity contribution is 5.89. The summed E-state index contributed by atoms with van der Waals surface area (Å²) in [5.41, 5.74) is 6.32. The molecule has 1 saturated carbocycles. The SMILES string of the molecule is CC(C)(C)OC(=O)N1CCC=C(c2c(F)cc(C#N)c3c2C2=C(CCC4(CC4)C2)C3)C1. The van der Waals surface area contributed by atoms with Crippen LogP contribution in [0.1, 0.15) is 81.5 Å². The van der Waals surface area contributed by atoms with Crippen molar-refractivity contribution < 1.29 is 13.9 Å². The molecule has 1 aromatic rings. The Bertz CT molecular complexity index is 1080. The lowest BCUT2D eigenvalue weighted by molar-refractivity contribution is 0.0273. The Labute approximate surface area is 183 Å². The summed E-state index contributed by atoms with van der Waals surface area (Å²) >= 11 is 0. The first kappa shape index (κ1) is 20.3. The fourth-order valence-electron chi connectivity index (χ4n) is 5.46. The fraction of sp³-hybridized carbons (Fsp3) is 0.538. The molecule has 0 aromatic heterocycles. The second-order valence-corrected chi connectivity index (χ2v) is 10.6. The van der Waals surface area contributed by atoms with E-state index in [0.717, 1.165) is 36.0 Å². The monoisotopic (exact) mass is 420 g/mol. The van der Waals surface area contributed by atoms with E-state index in [9.17, 15) is 10.1 Å². The van der Waals surface area contributed by atoms with Crippen molar-refractivity contribution in [2.75, 3.05) is 13.1 Å². The zero-order valence-corrected chi connectivity index (χ0v) is 18.6. The number of amides is 1. The molecule has 0 saturated heterocycles. The van der Waals surface area contributed by atoms with E-state index in [0.29, 0.717) is 36.1 Å². The lowest BCUT2D eigenvalue weighted by Gasteiger charge is -2.31. The quantitative estimate of drug-likeness (QED) is 0.560. The number of nitriles is 1. The second kappa shape index (κ2) is 6.95. The highest BCUT2D eigenvalue weighted by Crippen LogP contribution is 2.61. The zero-order chi connectivity index (χ0) is 22.0. The summed E-state index contributed by atoms with van der Waals surface area (Å²) in [5, 5.41) is 9.68. The molecule has 31 heavy (non-hydrogen) atoms. The van der Waals surface area contributed by atoms with Gasteiger partial charge in [-0.05, 0) is 99.5 Å². The number of carbonyl (C=O) groups excluding carboxylic acids is 1. The van der Waals surface area contributed by atoms with E-state index < -0.39 is 5.60 Å². The Morgan fingerprint density at radius 2 is 2.03 bits per heavy atom. The topological polar surface area (TPSA) is 53.3 Å². The molecule has 1 fully saturated rings. The van der Waals surface area contributed by atoms with Gasteiger partial charge in [0.25, 0.3) is 0 Å². The summed E-state index contributed by atoms with van der Waals surface area (Å²) in [6.07, 6.45) is 8.90. The lowest BCUT2D eigenvalue weighted by atomic mass is 9.79. The van der Waals surface area contributed by atoms with Gasteiger partial charge >= 0.3 is 6.09 Å². The van der Waals surface area contributed by atoms with Crippen molar-refractivity contribution in [2.24, 2.45) is 5.41 Å². The Balaban J connectivity index is 1.54. The number of ether oxygens (including phenoxy) is 1. The van der Waals surface area contributed by atoms with Gasteiger partial charge in [0.1, 0.15) is 11.4 Å². The second-order valence-electron chi connectivity index (χ2n) is 10.6. The standard InChI is InChI=1S/C26H29FN2O2/c1-25(2,3)31-24(30)29-10-4-5-17(15-29)22-21(27)12-18(14-28)19-11-16-6-7-26(8-9-26)13-20(16)23(19)22/h5,12H,4,6-11,13,15H2,1-3H3. The van der Waals surface area contributed by atoms with Crippen LogP contribution in [0.4, 0.5) is 9.18 Å². The molecule has 0 N–H and O–H groups in total. The van der Waals surface area contributed by atoms with Crippen molar-refractivity contribution in [3.63, 3.8) is 0 Å². The van der Waals surface area contributed by atoms with Gasteiger partial charge in [0.2, 0.25) is 0 Å². The maximum atomic E-state index is 15.5. The summed E-state index contributed by atoms with van der Waals surface area (Å²) in [5.74, 6) is -0.350. The predicted octanol–water partition coefficient (Wildman–Crippen LogP) is 6.00. The molecule has 1 aliphatic heterocycles. The molecule has 1 aromatic carbocycles. The number of carbonyl (C=O) groups is 1. The van der Waals surface area contributed by atoms with Crippen LogP contribution in [0.3, 0.4) is 0 Å². The molecule has 0 bridgehead atoms. The largest absolute Gasteiger partial charge is 0.444 e. The van der Waals surface area contributed by atoms with Crippen LogP contribution in [-0.4, -0.2) is 29.7 Å². The number of halogens is 1. The van der Waals surface area contributed by atoms with Crippen molar-refractivity contribution in [1.82, 2.24) is 4.90 Å². The first-order chi connectivity index (χ1) is 14.7. The van der Waals surface area contributed by atoms with Gasteiger partial charge in [-0.2, -0.15) is 5.26 Å². The van der Waals surface area contributed by atoms with E-state index in [-0.39, 0.29) is 11.9 Å². The molecule has 4 aliphatic rings. The Morgan fingerprint density at radius 1 is 1.26 bits per heavy atom. The van der Waals surface area contributed by atoms with E-state index >= 15 is 4.39 Å². The molecule has 5 heteroatoms. The van der Waals surface area contributed by atoms with Crippen LogP contribution in [0, 0.1) is 22.6 Å². The first-order valence-corrected chi connectivity index (χ1v) is 11.3. The van der Waals surface area contributed by atoms with Crippen LogP contribution >= 0.6 is 0 Å². The van der Waals surface area contributed by atoms with Gasteiger partial charge in [0, 0.05) is 18.7 Å². The van der Waals surface area contributed by atoms with Crippen molar-refractivity contribution in [3.05, 3.63) is 45.8 Å². The molecule has 1 spiro atoms. The molecule has 1 heterocycles. The number of fused-ring (bicyclic) bond motifs is 2. The van der Waals surface area contributed by atoms with Gasteiger partial charge < -0.3 is 9.64 Å². The third kappa shape index (κ3) is 3.56. The number of allylic oxidation sites excluding steroid dienone is 2. The third-order valence-corrected chi connectivity index (χ3v) is 7.22. The molecule has 0 atom stereocenters. The van der Waals surface area contributed by atoms with Gasteiger partial charge in [-0.15, -0.1) is 0 Å². The molecule has 1 amide bonds. The summed E-state index contributed by atoms with van der Waals surface area (Å²) in [6.45, 7) is 6.45. The summed E-state index contributed by atoms with van der Waals surface area (Å²) < 4.78 is 21.0. The molecule has 4 nitrogen and oxygen atoms in total. The summed E-state index contributed by atoms with van der Waals surface area (Å²) in [6, 6.07) is 3.62. The van der Waals surface area contributed by atoms with Crippen LogP contribution in [0.15, 0.2) is 17.7 Å². The zero-order valence-electron chi connectivity index (χ0n) is 18.6. The number of rotatable bonds is 1. The smallest absolute Gasteiger partial charge is 0.410 e. The minimum Gasteiger partial charge on any atom is -0.444 e. The van der Waals surface area contributed by atoms with E-state index in [1.54, 1.807) is 4.90 Å². The number of hydrogen-bond donors (Lipinski definition) is 0. The number of benzene rings is 1. The maximum Gasteiger partial charge on any atom is 0.410 e. The first-order valence-electron chi connectivity index (χ1n) is 11.3. The van der Waals surface area contributed by atoms with E-state index in [1.165, 1.54) is 36.5 Å². The van der Waals surface area contributed by atoms with E-state index in [1.807, 2.05) is 20.8 Å². The van der Waals surface area contributed by atoms with E-state index in [2.05, 4.69) is 12.1 Å². The number of hydrogen-bond acceptors (Lipinski definition) is 3. The predicted molar refractivity (Wildman–Crippen MR) is 118 cm³/mol. The normalized spacial score (nSPS) is 21.4.